The van der Waals surface area contributed by atoms with Gasteiger partial charge in [-0.3, -0.25) is 4.79 Å². The van der Waals surface area contributed by atoms with Crippen molar-refractivity contribution < 1.29 is 24.2 Å². The summed E-state index contributed by atoms with van der Waals surface area (Å²) in [6, 6.07) is 15.3. The van der Waals surface area contributed by atoms with E-state index in [0.29, 0.717) is 19.4 Å². The number of amides is 2. The number of hydrogen-bond acceptors (Lipinski definition) is 4. The van der Waals surface area contributed by atoms with E-state index in [9.17, 15) is 19.5 Å². The zero-order valence-electron chi connectivity index (χ0n) is 19.7. The lowest BCUT2D eigenvalue weighted by Gasteiger charge is -2.43. The molecule has 2 aromatic carbocycles. The molecule has 1 saturated carbocycles. The summed E-state index contributed by atoms with van der Waals surface area (Å²) < 4.78 is 5.63. The van der Waals surface area contributed by atoms with Gasteiger partial charge in [0.1, 0.15) is 18.2 Å². The Kier molecular flexibility index (Phi) is 5.19. The normalized spacial score (nSPS) is 25.4. The number of ether oxygens (including phenoxy) is 1. The standard InChI is InChI=1S/C27H30N2O5/c1-16(2)22(23(30)29-15-26(3)13-27(29,14-26)24(31)32)28-25(33)34-12-21-19-10-6-4-8-17(19)18-9-5-7-11-20(18)21/h4-11,16,21-22H,12-15H2,1-3H3,(H,28,33)(H,31,32)/t22-,26?,27?/m1/s1. The monoisotopic (exact) mass is 462 g/mol. The van der Waals surface area contributed by atoms with Crippen LogP contribution in [0, 0.1) is 11.3 Å². The van der Waals surface area contributed by atoms with Gasteiger partial charge in [-0.25, -0.2) is 9.59 Å². The number of aliphatic carboxylic acids is 1. The van der Waals surface area contributed by atoms with Crippen LogP contribution in [-0.4, -0.2) is 52.7 Å². The van der Waals surface area contributed by atoms with Crippen LogP contribution in [0.2, 0.25) is 0 Å². The first-order chi connectivity index (χ1) is 16.2. The molecule has 0 aromatic heterocycles. The van der Waals surface area contributed by atoms with E-state index in [-0.39, 0.29) is 29.8 Å². The van der Waals surface area contributed by atoms with Gasteiger partial charge in [0.25, 0.3) is 0 Å². The van der Waals surface area contributed by atoms with E-state index in [1.54, 1.807) is 0 Å². The number of benzene rings is 2. The van der Waals surface area contributed by atoms with Crippen molar-refractivity contribution in [2.45, 2.75) is 51.1 Å². The molecule has 2 amide bonds. The number of fused-ring (bicyclic) bond motifs is 4. The zero-order valence-corrected chi connectivity index (χ0v) is 19.7. The van der Waals surface area contributed by atoms with Gasteiger partial charge in [-0.1, -0.05) is 69.3 Å². The summed E-state index contributed by atoms with van der Waals surface area (Å²) in [5, 5.41) is 12.5. The lowest BCUT2D eigenvalue weighted by Crippen LogP contribution is -2.60. The van der Waals surface area contributed by atoms with Gasteiger partial charge in [0.05, 0.1) is 0 Å². The molecule has 178 valence electrons. The molecule has 0 spiro atoms. The fourth-order valence-electron chi connectivity index (χ4n) is 6.20. The van der Waals surface area contributed by atoms with Crippen LogP contribution in [-0.2, 0) is 14.3 Å². The highest BCUT2D eigenvalue weighted by molar-refractivity contribution is 5.93. The summed E-state index contributed by atoms with van der Waals surface area (Å²) in [4.78, 5) is 39.6. The van der Waals surface area contributed by atoms with E-state index in [2.05, 4.69) is 17.4 Å². The van der Waals surface area contributed by atoms with Crippen molar-refractivity contribution in [3.8, 4) is 11.1 Å². The Morgan fingerprint density at radius 1 is 1.06 bits per heavy atom. The molecular formula is C27H30N2O5. The molecule has 34 heavy (non-hydrogen) atoms. The molecule has 7 heteroatoms. The number of carbonyl (C=O) groups excluding carboxylic acids is 2. The van der Waals surface area contributed by atoms with E-state index in [1.807, 2.05) is 57.2 Å². The van der Waals surface area contributed by atoms with E-state index in [1.165, 1.54) is 4.90 Å². The third kappa shape index (κ3) is 3.37. The SMILES string of the molecule is CC(C)[C@@H](NC(=O)OCC1c2ccccc2-c2ccccc21)C(=O)N1CC2(C)CC1(C(=O)O)C2. The molecular weight excluding hydrogens is 432 g/mol. The fourth-order valence-corrected chi connectivity index (χ4v) is 6.20. The Hall–Kier alpha value is -3.35. The zero-order chi connectivity index (χ0) is 24.3. The minimum atomic E-state index is -1.15. The Labute approximate surface area is 199 Å². The second-order valence-electron chi connectivity index (χ2n) is 10.6. The highest BCUT2D eigenvalue weighted by Crippen LogP contribution is 2.59. The lowest BCUT2D eigenvalue weighted by molar-refractivity contribution is -0.160. The Morgan fingerprint density at radius 2 is 1.62 bits per heavy atom. The van der Waals surface area contributed by atoms with E-state index < -0.39 is 23.6 Å². The molecule has 0 unspecified atom stereocenters. The van der Waals surface area contributed by atoms with E-state index >= 15 is 0 Å². The van der Waals surface area contributed by atoms with Gasteiger partial charge in [0.2, 0.25) is 5.91 Å². The molecule has 2 aromatic rings. The molecule has 1 atom stereocenters. The largest absolute Gasteiger partial charge is 0.479 e. The van der Waals surface area contributed by atoms with Gasteiger partial charge in [-0.2, -0.15) is 0 Å². The van der Waals surface area contributed by atoms with E-state index in [0.717, 1.165) is 22.3 Å². The van der Waals surface area contributed by atoms with Crippen LogP contribution >= 0.6 is 0 Å². The number of rotatable bonds is 6. The van der Waals surface area contributed by atoms with Crippen LogP contribution in [0.25, 0.3) is 11.1 Å². The minimum absolute atomic E-state index is 0.0765. The molecule has 7 nitrogen and oxygen atoms in total. The molecule has 2 bridgehead atoms. The molecule has 4 aliphatic rings. The van der Waals surface area contributed by atoms with Crippen molar-refractivity contribution in [2.75, 3.05) is 13.2 Å². The van der Waals surface area contributed by atoms with Crippen molar-refractivity contribution in [3.05, 3.63) is 59.7 Å². The first-order valence-corrected chi connectivity index (χ1v) is 11.8. The first-order valence-electron chi connectivity index (χ1n) is 11.8. The number of nitrogens with zero attached hydrogens (tertiary/aromatic N) is 1. The molecule has 6 rings (SSSR count). The van der Waals surface area contributed by atoms with Crippen molar-refractivity contribution in [1.82, 2.24) is 10.2 Å². The van der Waals surface area contributed by atoms with E-state index in [4.69, 9.17) is 4.74 Å². The molecule has 2 N–H and O–H groups in total. The van der Waals surface area contributed by atoms with Crippen LogP contribution in [0.4, 0.5) is 4.79 Å². The summed E-state index contributed by atoms with van der Waals surface area (Å²) >= 11 is 0. The predicted molar refractivity (Wildman–Crippen MR) is 126 cm³/mol. The maximum absolute atomic E-state index is 13.4. The molecule has 2 aliphatic carbocycles. The second-order valence-corrected chi connectivity index (χ2v) is 10.6. The fraction of sp³-hybridized carbons (Fsp3) is 0.444. The van der Waals surface area contributed by atoms with Crippen molar-refractivity contribution in [1.29, 1.82) is 0 Å². The third-order valence-electron chi connectivity index (χ3n) is 7.71. The molecule has 2 aliphatic heterocycles. The Balaban J connectivity index is 1.28. The third-order valence-corrected chi connectivity index (χ3v) is 7.71. The van der Waals surface area contributed by atoms with Crippen molar-refractivity contribution in [2.24, 2.45) is 11.3 Å². The van der Waals surface area contributed by atoms with Crippen molar-refractivity contribution in [3.63, 3.8) is 0 Å². The summed E-state index contributed by atoms with van der Waals surface area (Å²) in [5.74, 6) is -1.62. The van der Waals surface area contributed by atoms with Crippen molar-refractivity contribution >= 4 is 18.0 Å². The van der Waals surface area contributed by atoms with Crippen LogP contribution in [0.1, 0.15) is 50.7 Å². The molecule has 2 heterocycles. The number of hydrogen-bond donors (Lipinski definition) is 2. The van der Waals surface area contributed by atoms with Crippen LogP contribution < -0.4 is 5.32 Å². The minimum Gasteiger partial charge on any atom is -0.479 e. The number of carboxylic acid groups (broad SMARTS) is 1. The maximum Gasteiger partial charge on any atom is 0.407 e. The van der Waals surface area contributed by atoms with Gasteiger partial charge in [-0.05, 0) is 46.4 Å². The highest BCUT2D eigenvalue weighted by Gasteiger charge is 2.69. The molecule has 3 fully saturated rings. The number of carboxylic acids is 1. The van der Waals surface area contributed by atoms with Crippen LogP contribution in [0.15, 0.2) is 48.5 Å². The van der Waals surface area contributed by atoms with Crippen LogP contribution in [0.3, 0.4) is 0 Å². The maximum atomic E-state index is 13.4. The number of carbonyl (C=O) groups is 3. The summed E-state index contributed by atoms with van der Waals surface area (Å²) in [7, 11) is 0. The smallest absolute Gasteiger partial charge is 0.407 e. The molecule has 2 saturated heterocycles. The Bertz CT molecular complexity index is 1120. The van der Waals surface area contributed by atoms with Crippen LogP contribution in [0.5, 0.6) is 0 Å². The van der Waals surface area contributed by atoms with Gasteiger partial charge >= 0.3 is 12.1 Å². The first kappa shape index (κ1) is 22.4. The van der Waals surface area contributed by atoms with Gasteiger partial charge < -0.3 is 20.1 Å². The summed E-state index contributed by atoms with van der Waals surface area (Å²) in [6.07, 6.45) is 0.240. The lowest BCUT2D eigenvalue weighted by atomic mass is 9.63. The predicted octanol–water partition coefficient (Wildman–Crippen LogP) is 4.02. The number of alkyl carbamates (subject to hydrolysis) is 1. The van der Waals surface area contributed by atoms with Gasteiger partial charge in [0, 0.05) is 12.5 Å². The molecule has 0 radical (unpaired) electrons. The van der Waals surface area contributed by atoms with Gasteiger partial charge in [-0.15, -0.1) is 0 Å². The highest BCUT2D eigenvalue weighted by atomic mass is 16.5. The average molecular weight is 463 g/mol. The Morgan fingerprint density at radius 3 is 2.15 bits per heavy atom. The quantitative estimate of drug-likeness (QED) is 0.676. The van der Waals surface area contributed by atoms with Gasteiger partial charge in [0.15, 0.2) is 0 Å². The summed E-state index contributed by atoms with van der Waals surface area (Å²) in [5.41, 5.74) is 3.19. The number of nitrogens with one attached hydrogen (secondary N) is 1. The topological polar surface area (TPSA) is 95.9 Å². The second kappa shape index (κ2) is 7.86. The average Bonchev–Trinajstić information content (AvgIpc) is 3.39. The summed E-state index contributed by atoms with van der Waals surface area (Å²) in [6.45, 7) is 6.22.